The van der Waals surface area contributed by atoms with Crippen molar-refractivity contribution in [2.75, 3.05) is 33.7 Å². The van der Waals surface area contributed by atoms with Crippen LogP contribution >= 0.6 is 0 Å². The highest BCUT2D eigenvalue weighted by molar-refractivity contribution is 6.24. The second kappa shape index (κ2) is 9.86. The number of aryl methyl sites for hydroxylation is 1. The molecule has 3 rings (SSSR count). The number of aromatic nitrogens is 1. The maximum absolute atomic E-state index is 12.1. The smallest absolute Gasteiger partial charge is 0.254 e. The molecule has 0 radical (unpaired) electrons. The normalized spacial score (nSPS) is 19.7. The number of amides is 1. The third kappa shape index (κ3) is 4.88. The number of carbonyl (C=O) groups excluding carboxylic acids is 1. The molecule has 0 bridgehead atoms. The lowest BCUT2D eigenvalue weighted by Crippen LogP contribution is -2.32. The Morgan fingerprint density at radius 1 is 1.20 bits per heavy atom. The van der Waals surface area contributed by atoms with Crippen molar-refractivity contribution in [1.29, 1.82) is 0 Å². The van der Waals surface area contributed by atoms with Gasteiger partial charge in [-0.25, -0.2) is 5.43 Å². The lowest BCUT2D eigenvalue weighted by Gasteiger charge is -2.19. The van der Waals surface area contributed by atoms with E-state index < -0.39 is 5.92 Å². The first-order chi connectivity index (χ1) is 14.4. The predicted octanol–water partition coefficient (Wildman–Crippen LogP) is 1.86. The molecule has 1 aromatic heterocycles. The summed E-state index contributed by atoms with van der Waals surface area (Å²) in [7, 11) is 4.17. The van der Waals surface area contributed by atoms with Crippen LogP contribution in [0.3, 0.4) is 0 Å². The number of likely N-dealkylation sites (N-methyl/N-ethyl adjacent to an activating group) is 1. The summed E-state index contributed by atoms with van der Waals surface area (Å²) >= 11 is 0. The first kappa shape index (κ1) is 22.0. The second-order valence-electron chi connectivity index (χ2n) is 7.90. The minimum absolute atomic E-state index is 0.159. The Morgan fingerprint density at radius 2 is 1.97 bits per heavy atom. The van der Waals surface area contributed by atoms with Gasteiger partial charge in [-0.15, -0.1) is 0 Å². The third-order valence-electron chi connectivity index (χ3n) is 5.58. The molecule has 3 N–H and O–H groups in total. The molecule has 8 nitrogen and oxygen atoms in total. The van der Waals surface area contributed by atoms with Crippen LogP contribution in [0, 0.1) is 12.8 Å². The quantitative estimate of drug-likeness (QED) is 0.579. The van der Waals surface area contributed by atoms with Gasteiger partial charge in [0.2, 0.25) is 0 Å². The van der Waals surface area contributed by atoms with Crippen molar-refractivity contribution in [3.63, 3.8) is 0 Å². The van der Waals surface area contributed by atoms with Crippen molar-refractivity contribution in [2.24, 2.45) is 16.0 Å². The largest absolute Gasteiger partial charge is 0.359 e. The van der Waals surface area contributed by atoms with Gasteiger partial charge in [-0.2, -0.15) is 5.10 Å². The number of hydrogen-bond acceptors (Lipinski definition) is 6. The third-order valence-corrected chi connectivity index (χ3v) is 5.58. The van der Waals surface area contributed by atoms with Crippen molar-refractivity contribution in [3.05, 3.63) is 40.6 Å². The molecule has 2 aliphatic heterocycles. The number of carbonyl (C=O) groups is 1. The summed E-state index contributed by atoms with van der Waals surface area (Å²) in [6.07, 6.45) is 8.12. The molecule has 3 heterocycles. The fraction of sp³-hybridized carbons (Fsp3) is 0.500. The molecule has 1 aromatic rings. The van der Waals surface area contributed by atoms with Crippen LogP contribution in [0.2, 0.25) is 0 Å². The Bertz CT molecular complexity index is 888. The number of nitrogens with zero attached hydrogens (tertiary/aromatic N) is 4. The van der Waals surface area contributed by atoms with Gasteiger partial charge in [0.1, 0.15) is 5.92 Å². The van der Waals surface area contributed by atoms with Crippen molar-refractivity contribution < 1.29 is 4.79 Å². The molecule has 30 heavy (non-hydrogen) atoms. The van der Waals surface area contributed by atoms with Gasteiger partial charge < -0.3 is 20.1 Å². The molecule has 0 fully saturated rings. The number of nitrogens with one attached hydrogen (secondary N) is 3. The molecule has 0 aromatic carbocycles. The van der Waals surface area contributed by atoms with Crippen LogP contribution < -0.4 is 10.7 Å². The van der Waals surface area contributed by atoms with E-state index in [1.54, 1.807) is 18.6 Å². The standard InChI is InChI=1S/C22H33N7O/c1-6-29(7-2)11-8-16-15(3)26-19(18(16)14-28(4)5)12-20-21(24-10-9-23-20)17-13-25-27-22(17)30/h9-10,12-13,17,23,26H,6-8,11,14H2,1-5H3,(H,27,30). The van der Waals surface area contributed by atoms with Crippen molar-refractivity contribution in [2.45, 2.75) is 33.7 Å². The van der Waals surface area contributed by atoms with E-state index in [0.29, 0.717) is 5.71 Å². The molecule has 8 heteroatoms. The monoisotopic (exact) mass is 411 g/mol. The summed E-state index contributed by atoms with van der Waals surface area (Å²) in [5.41, 5.74) is 8.87. The lowest BCUT2D eigenvalue weighted by atomic mass is 9.98. The van der Waals surface area contributed by atoms with Gasteiger partial charge in [0.25, 0.3) is 5.91 Å². The molecule has 1 atom stereocenters. The van der Waals surface area contributed by atoms with Crippen LogP contribution in [0.1, 0.15) is 36.4 Å². The maximum Gasteiger partial charge on any atom is 0.254 e. The number of aromatic amines is 1. The van der Waals surface area contributed by atoms with E-state index in [9.17, 15) is 4.79 Å². The van der Waals surface area contributed by atoms with Gasteiger partial charge in [-0.1, -0.05) is 13.8 Å². The topological polar surface area (TPSA) is 88.1 Å². The zero-order valence-electron chi connectivity index (χ0n) is 18.6. The molecule has 0 aliphatic carbocycles. The Kier molecular flexibility index (Phi) is 7.23. The Morgan fingerprint density at radius 3 is 2.60 bits per heavy atom. The maximum atomic E-state index is 12.1. The van der Waals surface area contributed by atoms with Gasteiger partial charge in [-0.05, 0) is 57.7 Å². The average Bonchev–Trinajstić information content (AvgIpc) is 3.26. The zero-order chi connectivity index (χ0) is 21.7. The molecule has 1 unspecified atom stereocenters. The Hall–Kier alpha value is -2.71. The molecule has 1 amide bonds. The SMILES string of the molecule is CCN(CC)CCc1c(C)[nH]c(C=C2NC=CN=C2C2C=NNC2=O)c1CN(C)C. The minimum atomic E-state index is -0.482. The van der Waals surface area contributed by atoms with Gasteiger partial charge in [0.15, 0.2) is 0 Å². The molecule has 162 valence electrons. The molecular formula is C22H33N7O. The van der Waals surface area contributed by atoms with Crippen LogP contribution in [0.15, 0.2) is 28.2 Å². The highest BCUT2D eigenvalue weighted by Crippen LogP contribution is 2.25. The van der Waals surface area contributed by atoms with Crippen LogP contribution in [-0.4, -0.2) is 66.3 Å². The van der Waals surface area contributed by atoms with E-state index in [-0.39, 0.29) is 5.91 Å². The van der Waals surface area contributed by atoms with E-state index in [4.69, 9.17) is 0 Å². The van der Waals surface area contributed by atoms with E-state index in [1.807, 2.05) is 0 Å². The van der Waals surface area contributed by atoms with Gasteiger partial charge >= 0.3 is 0 Å². The summed E-state index contributed by atoms with van der Waals surface area (Å²) < 4.78 is 0. The summed E-state index contributed by atoms with van der Waals surface area (Å²) in [5.74, 6) is -0.642. The fourth-order valence-corrected chi connectivity index (χ4v) is 3.91. The minimum Gasteiger partial charge on any atom is -0.359 e. The second-order valence-corrected chi connectivity index (χ2v) is 7.90. The molecule has 0 saturated heterocycles. The summed E-state index contributed by atoms with van der Waals surface area (Å²) in [6.45, 7) is 10.5. The number of H-pyrrole nitrogens is 1. The van der Waals surface area contributed by atoms with Gasteiger partial charge in [0.05, 0.1) is 11.4 Å². The summed E-state index contributed by atoms with van der Waals surface area (Å²) in [4.78, 5) is 24.8. The molecule has 0 spiro atoms. The van der Waals surface area contributed by atoms with E-state index >= 15 is 0 Å². The zero-order valence-corrected chi connectivity index (χ0v) is 18.6. The van der Waals surface area contributed by atoms with Crippen molar-refractivity contribution in [1.82, 2.24) is 25.5 Å². The highest BCUT2D eigenvalue weighted by atomic mass is 16.2. The van der Waals surface area contributed by atoms with Crippen LogP contribution in [0.4, 0.5) is 0 Å². The van der Waals surface area contributed by atoms with Gasteiger partial charge in [0, 0.05) is 43.1 Å². The van der Waals surface area contributed by atoms with E-state index in [2.05, 4.69) is 76.6 Å². The number of allylic oxidation sites excluding steroid dienone is 1. The van der Waals surface area contributed by atoms with Crippen LogP contribution in [0.25, 0.3) is 6.08 Å². The molecule has 0 saturated carbocycles. The highest BCUT2D eigenvalue weighted by Gasteiger charge is 2.30. The molecular weight excluding hydrogens is 378 g/mol. The Balaban J connectivity index is 1.95. The Labute approximate surface area is 178 Å². The van der Waals surface area contributed by atoms with E-state index in [1.165, 1.54) is 16.8 Å². The first-order valence-electron chi connectivity index (χ1n) is 10.6. The van der Waals surface area contributed by atoms with Crippen molar-refractivity contribution in [3.8, 4) is 0 Å². The predicted molar refractivity (Wildman–Crippen MR) is 122 cm³/mol. The summed E-state index contributed by atoms with van der Waals surface area (Å²) in [6, 6.07) is 0. The van der Waals surface area contributed by atoms with Crippen LogP contribution in [0.5, 0.6) is 0 Å². The number of aliphatic imine (C=N–C) groups is 1. The lowest BCUT2D eigenvalue weighted by molar-refractivity contribution is -0.120. The molecule has 2 aliphatic rings. The number of hydrazone groups is 1. The first-order valence-corrected chi connectivity index (χ1v) is 10.6. The number of hydrogen-bond donors (Lipinski definition) is 3. The fourth-order valence-electron chi connectivity index (χ4n) is 3.91. The van der Waals surface area contributed by atoms with Crippen LogP contribution in [-0.2, 0) is 17.8 Å². The van der Waals surface area contributed by atoms with Gasteiger partial charge in [-0.3, -0.25) is 9.79 Å². The average molecular weight is 412 g/mol. The van der Waals surface area contributed by atoms with Crippen molar-refractivity contribution >= 4 is 23.9 Å². The summed E-state index contributed by atoms with van der Waals surface area (Å²) in [5, 5.41) is 7.15. The number of rotatable bonds is 9. The van der Waals surface area contributed by atoms with E-state index in [0.717, 1.165) is 44.0 Å².